The predicted molar refractivity (Wildman–Crippen MR) is 326 cm³/mol. The first-order valence-electron chi connectivity index (χ1n) is 26.8. The Morgan fingerprint density at radius 1 is 0.263 bits per heavy atom. The number of anilines is 6. The predicted octanol–water partition coefficient (Wildman–Crippen LogP) is 20.5. The van der Waals surface area contributed by atoms with Crippen molar-refractivity contribution in [2.75, 3.05) is 9.80 Å². The normalized spacial score (nSPS) is 13.6. The third-order valence-corrected chi connectivity index (χ3v) is 16.0. The largest absolute Gasteiger partial charge is 0.310 e. The fraction of sp³-hybridized carbons (Fsp3) is 0.135. The maximum absolute atomic E-state index is 2.42. The molecule has 0 atom stereocenters. The van der Waals surface area contributed by atoms with Gasteiger partial charge in [0.1, 0.15) is 0 Å². The zero-order chi connectivity index (χ0) is 52.3. The molecule has 0 amide bonds. The standard InChI is InChI=1S/C74H64N2/c1-49-13-9-17-59(41-49)75(60-18-10-14-50(2)42-60)63-35-39-67-65-37-29-55(45-69(65)73(5,6)71(67)47-63)23-21-53-25-31-57(32-26-53)58-33-27-54(28-34-58)22-24-56-30-38-66-68-40-36-64(48-72(68)74(7,8)70(66)46-56)76(61-19-11-15-51(3)43-61)62-20-12-16-52(4)44-62/h9-48H,1-8H3. The van der Waals surface area contributed by atoms with Crippen molar-refractivity contribution in [1.29, 1.82) is 0 Å². The number of hydrogen-bond acceptors (Lipinski definition) is 2. The minimum Gasteiger partial charge on any atom is -0.310 e. The molecule has 0 spiro atoms. The zero-order valence-corrected chi connectivity index (χ0v) is 45.0. The molecule has 76 heavy (non-hydrogen) atoms. The number of hydrogen-bond donors (Lipinski definition) is 0. The molecule has 12 rings (SSSR count). The van der Waals surface area contributed by atoms with E-state index in [1.165, 1.54) is 134 Å². The molecule has 2 aliphatic rings. The summed E-state index contributed by atoms with van der Waals surface area (Å²) in [4.78, 5) is 4.79. The van der Waals surface area contributed by atoms with Crippen molar-refractivity contribution in [1.82, 2.24) is 0 Å². The quantitative estimate of drug-likeness (QED) is 0.119. The SMILES string of the molecule is Cc1cccc(N(c2cccc(C)c2)c2ccc3c(c2)C(C)(C)c2cc(C=Cc4ccc(-c5ccc(C=Cc6ccc7c(c6)C(C)(C)c6cc(N(c8cccc(C)c8)c8cccc(C)c8)ccc6-7)cc5)cc4)ccc2-3)c1. The first-order chi connectivity index (χ1) is 36.8. The maximum atomic E-state index is 2.42. The lowest BCUT2D eigenvalue weighted by atomic mass is 9.81. The van der Waals surface area contributed by atoms with Gasteiger partial charge in [-0.05, 0) is 201 Å². The molecule has 0 fully saturated rings. The van der Waals surface area contributed by atoms with Gasteiger partial charge in [0.15, 0.2) is 0 Å². The summed E-state index contributed by atoms with van der Waals surface area (Å²) >= 11 is 0. The Hall–Kier alpha value is -8.72. The van der Waals surface area contributed by atoms with Gasteiger partial charge in [0.25, 0.3) is 0 Å². The van der Waals surface area contributed by atoms with Gasteiger partial charge in [-0.25, -0.2) is 0 Å². The van der Waals surface area contributed by atoms with E-state index in [9.17, 15) is 0 Å². The van der Waals surface area contributed by atoms with Crippen molar-refractivity contribution in [3.8, 4) is 33.4 Å². The van der Waals surface area contributed by atoms with Gasteiger partial charge in [-0.3, -0.25) is 0 Å². The van der Waals surface area contributed by atoms with Gasteiger partial charge < -0.3 is 9.80 Å². The van der Waals surface area contributed by atoms with E-state index < -0.39 is 0 Å². The van der Waals surface area contributed by atoms with Crippen LogP contribution >= 0.6 is 0 Å². The van der Waals surface area contributed by atoms with Gasteiger partial charge in [-0.2, -0.15) is 0 Å². The third kappa shape index (κ3) is 8.98. The van der Waals surface area contributed by atoms with E-state index in [0.717, 1.165) is 0 Å². The third-order valence-electron chi connectivity index (χ3n) is 16.0. The van der Waals surface area contributed by atoms with Crippen LogP contribution in [0.5, 0.6) is 0 Å². The Labute approximate surface area is 450 Å². The van der Waals surface area contributed by atoms with Crippen molar-refractivity contribution in [2.45, 2.75) is 66.2 Å². The lowest BCUT2D eigenvalue weighted by Crippen LogP contribution is -2.16. The second-order valence-electron chi connectivity index (χ2n) is 22.3. The van der Waals surface area contributed by atoms with Crippen molar-refractivity contribution in [3.63, 3.8) is 0 Å². The fourth-order valence-electron chi connectivity index (χ4n) is 11.9. The summed E-state index contributed by atoms with van der Waals surface area (Å²) in [6.07, 6.45) is 8.97. The van der Waals surface area contributed by atoms with Crippen LogP contribution in [0.15, 0.2) is 218 Å². The topological polar surface area (TPSA) is 6.48 Å². The molecule has 0 saturated heterocycles. The molecule has 0 aromatic heterocycles. The second-order valence-corrected chi connectivity index (χ2v) is 22.3. The summed E-state index contributed by atoms with van der Waals surface area (Å²) in [5.41, 5.74) is 29.6. The van der Waals surface area contributed by atoms with Crippen LogP contribution in [-0.4, -0.2) is 0 Å². The Morgan fingerprint density at radius 3 is 0.842 bits per heavy atom. The first kappa shape index (κ1) is 48.2. The average molecular weight is 981 g/mol. The summed E-state index contributed by atoms with van der Waals surface area (Å²) in [5.74, 6) is 0. The molecule has 0 aliphatic heterocycles. The van der Waals surface area contributed by atoms with Gasteiger partial charge >= 0.3 is 0 Å². The molecule has 0 unspecified atom stereocenters. The van der Waals surface area contributed by atoms with E-state index >= 15 is 0 Å². The smallest absolute Gasteiger partial charge is 0.0465 e. The molecule has 0 radical (unpaired) electrons. The van der Waals surface area contributed by atoms with Gasteiger partial charge in [-0.15, -0.1) is 0 Å². The van der Waals surface area contributed by atoms with Crippen LogP contribution in [0, 0.1) is 27.7 Å². The minimum absolute atomic E-state index is 0.158. The number of rotatable bonds is 11. The van der Waals surface area contributed by atoms with Crippen LogP contribution in [0.3, 0.4) is 0 Å². The van der Waals surface area contributed by atoms with Crippen molar-refractivity contribution in [2.24, 2.45) is 0 Å². The molecule has 0 saturated carbocycles. The van der Waals surface area contributed by atoms with E-state index in [4.69, 9.17) is 0 Å². The molecular weight excluding hydrogens is 917 g/mol. The molecule has 10 aromatic carbocycles. The highest BCUT2D eigenvalue weighted by Gasteiger charge is 2.37. The lowest BCUT2D eigenvalue weighted by molar-refractivity contribution is 0.660. The molecule has 0 heterocycles. The Morgan fingerprint density at radius 2 is 0.526 bits per heavy atom. The maximum Gasteiger partial charge on any atom is 0.0465 e. The van der Waals surface area contributed by atoms with Gasteiger partial charge in [-0.1, -0.05) is 198 Å². The molecular formula is C74H64N2. The summed E-state index contributed by atoms with van der Waals surface area (Å²) in [5, 5.41) is 0. The Bertz CT molecular complexity index is 3570. The number of nitrogens with zero attached hydrogens (tertiary/aromatic N) is 2. The van der Waals surface area contributed by atoms with E-state index in [1.54, 1.807) is 0 Å². The molecule has 2 nitrogen and oxygen atoms in total. The molecule has 0 bridgehead atoms. The first-order valence-corrected chi connectivity index (χ1v) is 26.8. The van der Waals surface area contributed by atoms with E-state index in [1.807, 2.05) is 0 Å². The van der Waals surface area contributed by atoms with Crippen molar-refractivity contribution >= 4 is 58.4 Å². The van der Waals surface area contributed by atoms with Crippen LogP contribution < -0.4 is 9.80 Å². The Kier molecular flexibility index (Phi) is 12.2. The molecule has 10 aromatic rings. The lowest BCUT2D eigenvalue weighted by Gasteiger charge is -2.28. The van der Waals surface area contributed by atoms with E-state index in [-0.39, 0.29) is 10.8 Å². The van der Waals surface area contributed by atoms with Gasteiger partial charge in [0.2, 0.25) is 0 Å². The second kappa shape index (κ2) is 19.2. The van der Waals surface area contributed by atoms with Gasteiger partial charge in [0.05, 0.1) is 0 Å². The van der Waals surface area contributed by atoms with E-state index in [0.29, 0.717) is 0 Å². The molecule has 370 valence electrons. The number of benzene rings is 10. The summed E-state index contributed by atoms with van der Waals surface area (Å²) < 4.78 is 0. The highest BCUT2D eigenvalue weighted by atomic mass is 15.1. The van der Waals surface area contributed by atoms with Crippen LogP contribution in [0.1, 0.15) is 94.5 Å². The zero-order valence-electron chi connectivity index (χ0n) is 45.0. The van der Waals surface area contributed by atoms with Crippen molar-refractivity contribution < 1.29 is 0 Å². The van der Waals surface area contributed by atoms with Crippen LogP contribution in [0.2, 0.25) is 0 Å². The highest BCUT2D eigenvalue weighted by molar-refractivity contribution is 5.89. The van der Waals surface area contributed by atoms with Crippen LogP contribution in [0.25, 0.3) is 57.7 Å². The summed E-state index contributed by atoms with van der Waals surface area (Å²) in [7, 11) is 0. The average Bonchev–Trinajstić information content (AvgIpc) is 3.87. The minimum atomic E-state index is -0.158. The van der Waals surface area contributed by atoms with E-state index in [2.05, 4.69) is 308 Å². The summed E-state index contributed by atoms with van der Waals surface area (Å²) in [6, 6.07) is 81.0. The fourth-order valence-corrected chi connectivity index (χ4v) is 11.9. The molecule has 0 N–H and O–H groups in total. The number of aryl methyl sites for hydroxylation is 4. The number of fused-ring (bicyclic) bond motifs is 6. The van der Waals surface area contributed by atoms with Gasteiger partial charge in [0, 0.05) is 45.0 Å². The highest BCUT2D eigenvalue weighted by Crippen LogP contribution is 2.53. The Balaban J connectivity index is 0.725. The van der Waals surface area contributed by atoms with Crippen LogP contribution in [-0.2, 0) is 10.8 Å². The van der Waals surface area contributed by atoms with Crippen molar-refractivity contribution in [3.05, 3.63) is 285 Å². The van der Waals surface area contributed by atoms with Crippen LogP contribution in [0.4, 0.5) is 34.1 Å². The molecule has 2 heteroatoms. The monoisotopic (exact) mass is 981 g/mol. The summed E-state index contributed by atoms with van der Waals surface area (Å²) in [6.45, 7) is 18.1. The molecule has 2 aliphatic carbocycles.